The fourth-order valence-corrected chi connectivity index (χ4v) is 2.56. The van der Waals surface area contributed by atoms with Gasteiger partial charge in [0.2, 0.25) is 11.9 Å². The molecule has 0 spiro atoms. The molecule has 0 unspecified atom stereocenters. The van der Waals surface area contributed by atoms with Crippen LogP contribution < -0.4 is 9.64 Å². The molecule has 7 nitrogen and oxygen atoms in total. The molecule has 1 fully saturated rings. The third-order valence-corrected chi connectivity index (χ3v) is 3.95. The number of nitro groups is 1. The average molecular weight is 334 g/mol. The summed E-state index contributed by atoms with van der Waals surface area (Å²) in [6.45, 7) is 0.0680. The van der Waals surface area contributed by atoms with Crippen LogP contribution in [-0.2, 0) is 11.3 Å². The number of methoxy groups -OCH3 is 1. The Labute approximate surface area is 136 Å². The zero-order chi connectivity index (χ0) is 17.3. The van der Waals surface area contributed by atoms with Crippen LogP contribution in [0, 0.1) is 21.8 Å². The number of benzene rings is 1. The van der Waals surface area contributed by atoms with Gasteiger partial charge in [0.05, 0.1) is 19.9 Å². The van der Waals surface area contributed by atoms with E-state index < -0.39 is 28.6 Å². The Morgan fingerprint density at radius 1 is 1.50 bits per heavy atom. The van der Waals surface area contributed by atoms with E-state index in [1.807, 2.05) is 0 Å². The summed E-state index contributed by atoms with van der Waals surface area (Å²) < 4.78 is 24.1. The molecule has 3 rings (SSSR count). The van der Waals surface area contributed by atoms with Crippen LogP contribution in [0.5, 0.6) is 5.75 Å². The predicted octanol–water partition coefficient (Wildman–Crippen LogP) is 2.63. The van der Waals surface area contributed by atoms with Crippen LogP contribution in [0.1, 0.15) is 12.2 Å². The van der Waals surface area contributed by atoms with Crippen LogP contribution >= 0.6 is 0 Å². The zero-order valence-electron chi connectivity index (χ0n) is 12.8. The predicted molar refractivity (Wildman–Crippen MR) is 81.7 cm³/mol. The van der Waals surface area contributed by atoms with Crippen molar-refractivity contribution in [1.29, 1.82) is 0 Å². The molecule has 126 valence electrons. The minimum atomic E-state index is -0.875. The number of halogens is 1. The summed E-state index contributed by atoms with van der Waals surface area (Å²) in [6, 6.07) is 6.59. The normalized spacial score (nSPS) is 18.9. The van der Waals surface area contributed by atoms with Gasteiger partial charge in [-0.05, 0) is 24.3 Å². The van der Waals surface area contributed by atoms with Crippen molar-refractivity contribution in [3.63, 3.8) is 0 Å². The van der Waals surface area contributed by atoms with E-state index in [2.05, 4.69) is 0 Å². The van der Waals surface area contributed by atoms with Crippen LogP contribution in [0.3, 0.4) is 0 Å². The molecule has 1 aromatic carbocycles. The summed E-state index contributed by atoms with van der Waals surface area (Å²) in [5.74, 6) is -1.18. The van der Waals surface area contributed by atoms with Crippen molar-refractivity contribution in [3.8, 4) is 5.75 Å². The largest absolute Gasteiger partial charge is 0.494 e. The molecule has 1 saturated carbocycles. The second kappa shape index (κ2) is 6.31. The number of nitrogens with zero attached hydrogens (tertiary/aromatic N) is 2. The molecule has 8 heteroatoms. The second-order valence-corrected chi connectivity index (χ2v) is 5.52. The van der Waals surface area contributed by atoms with E-state index in [4.69, 9.17) is 9.15 Å². The van der Waals surface area contributed by atoms with Gasteiger partial charge in [-0.3, -0.25) is 14.9 Å². The van der Waals surface area contributed by atoms with E-state index in [1.54, 1.807) is 12.1 Å². The maximum absolute atomic E-state index is 14.0. The van der Waals surface area contributed by atoms with Crippen molar-refractivity contribution >= 4 is 11.6 Å². The van der Waals surface area contributed by atoms with Crippen molar-refractivity contribution in [2.45, 2.75) is 19.0 Å². The first kappa shape index (κ1) is 16.0. The summed E-state index contributed by atoms with van der Waals surface area (Å²) in [4.78, 5) is 24.3. The van der Waals surface area contributed by atoms with Crippen molar-refractivity contribution in [3.05, 3.63) is 58.3 Å². The van der Waals surface area contributed by atoms with Crippen LogP contribution in [0.2, 0.25) is 0 Å². The average Bonchev–Trinajstić information content (AvgIpc) is 3.21. The maximum Gasteiger partial charge on any atom is 0.237 e. The van der Waals surface area contributed by atoms with Gasteiger partial charge < -0.3 is 14.1 Å². The van der Waals surface area contributed by atoms with Crippen LogP contribution in [0.4, 0.5) is 10.1 Å². The Kier molecular flexibility index (Phi) is 4.20. The minimum Gasteiger partial charge on any atom is -0.494 e. The maximum atomic E-state index is 14.0. The summed E-state index contributed by atoms with van der Waals surface area (Å²) >= 11 is 0. The van der Waals surface area contributed by atoms with Gasteiger partial charge in [0, 0.05) is 23.1 Å². The first-order chi connectivity index (χ1) is 11.5. The molecule has 0 radical (unpaired) electrons. The number of carbonyl (C=O) groups is 1. The molecule has 0 N–H and O–H groups in total. The van der Waals surface area contributed by atoms with E-state index in [9.17, 15) is 19.3 Å². The number of anilines is 1. The van der Waals surface area contributed by atoms with Crippen molar-refractivity contribution in [2.75, 3.05) is 12.0 Å². The van der Waals surface area contributed by atoms with Gasteiger partial charge in [-0.15, -0.1) is 0 Å². The fourth-order valence-electron chi connectivity index (χ4n) is 2.56. The molecule has 2 atom stereocenters. The highest BCUT2D eigenvalue weighted by Crippen LogP contribution is 2.37. The van der Waals surface area contributed by atoms with E-state index >= 15 is 0 Å². The van der Waals surface area contributed by atoms with Gasteiger partial charge in [0.15, 0.2) is 11.6 Å². The standard InChI is InChI=1S/C16H15FN2O5/c1-23-15-5-4-10(7-13(15)17)18(9-11-3-2-6-24-11)16(20)12-8-14(12)19(21)22/h2-7,12,14H,8-9H2,1H3/t12-,14-/m1/s1. The number of furan rings is 1. The van der Waals surface area contributed by atoms with Crippen LogP contribution in [-0.4, -0.2) is 24.0 Å². The molecule has 0 bridgehead atoms. The summed E-state index contributed by atoms with van der Waals surface area (Å²) in [6.07, 6.45) is 1.66. The van der Waals surface area contributed by atoms with Gasteiger partial charge >= 0.3 is 0 Å². The third kappa shape index (κ3) is 3.08. The number of hydrogen-bond donors (Lipinski definition) is 0. The Balaban J connectivity index is 1.89. The number of amides is 1. The fraction of sp³-hybridized carbons (Fsp3) is 0.312. The molecule has 1 aliphatic carbocycles. The second-order valence-electron chi connectivity index (χ2n) is 5.52. The number of carbonyl (C=O) groups excluding carboxylic acids is 1. The Bertz CT molecular complexity index is 762. The van der Waals surface area contributed by atoms with E-state index in [-0.39, 0.29) is 18.7 Å². The molecule has 1 aliphatic rings. The molecular weight excluding hydrogens is 319 g/mol. The topological polar surface area (TPSA) is 85.8 Å². The first-order valence-electron chi connectivity index (χ1n) is 7.32. The lowest BCUT2D eigenvalue weighted by molar-refractivity contribution is -0.497. The molecule has 2 aromatic rings. The lowest BCUT2D eigenvalue weighted by Gasteiger charge is -2.22. The summed E-state index contributed by atoms with van der Waals surface area (Å²) in [7, 11) is 1.34. The molecule has 1 amide bonds. The molecule has 0 aliphatic heterocycles. The Morgan fingerprint density at radius 2 is 2.29 bits per heavy atom. The van der Waals surface area contributed by atoms with Gasteiger partial charge in [0.1, 0.15) is 11.7 Å². The highest BCUT2D eigenvalue weighted by Gasteiger charge is 2.54. The van der Waals surface area contributed by atoms with E-state index in [0.717, 1.165) is 0 Å². The van der Waals surface area contributed by atoms with Gasteiger partial charge in [-0.2, -0.15) is 0 Å². The molecular formula is C16H15FN2O5. The SMILES string of the molecule is COc1ccc(N(Cc2ccco2)C(=O)[C@@H]2C[C@H]2[N+](=O)[O-])cc1F. The third-order valence-electron chi connectivity index (χ3n) is 3.95. The smallest absolute Gasteiger partial charge is 0.237 e. The van der Waals surface area contributed by atoms with Gasteiger partial charge in [-0.1, -0.05) is 0 Å². The highest BCUT2D eigenvalue weighted by molar-refractivity contribution is 5.97. The van der Waals surface area contributed by atoms with Crippen molar-refractivity contribution in [1.82, 2.24) is 0 Å². The zero-order valence-corrected chi connectivity index (χ0v) is 12.8. The quantitative estimate of drug-likeness (QED) is 0.599. The van der Waals surface area contributed by atoms with E-state index in [1.165, 1.54) is 36.5 Å². The van der Waals surface area contributed by atoms with Crippen molar-refractivity contribution < 1.29 is 23.3 Å². The van der Waals surface area contributed by atoms with Gasteiger partial charge in [0.25, 0.3) is 0 Å². The van der Waals surface area contributed by atoms with Crippen LogP contribution in [0.25, 0.3) is 0 Å². The highest BCUT2D eigenvalue weighted by atomic mass is 19.1. The summed E-state index contributed by atoms with van der Waals surface area (Å²) in [5.41, 5.74) is 0.295. The molecule has 0 saturated heterocycles. The molecule has 1 heterocycles. The van der Waals surface area contributed by atoms with Crippen molar-refractivity contribution in [2.24, 2.45) is 5.92 Å². The molecule has 1 aromatic heterocycles. The number of hydrogen-bond acceptors (Lipinski definition) is 5. The monoisotopic (exact) mass is 334 g/mol. The number of rotatable bonds is 6. The molecule has 24 heavy (non-hydrogen) atoms. The Morgan fingerprint density at radius 3 is 2.83 bits per heavy atom. The lowest BCUT2D eigenvalue weighted by Crippen LogP contribution is -2.33. The summed E-state index contributed by atoms with van der Waals surface area (Å²) in [5, 5.41) is 10.8. The first-order valence-corrected chi connectivity index (χ1v) is 7.32. The Hall–Kier alpha value is -2.90. The lowest BCUT2D eigenvalue weighted by atomic mass is 10.2. The minimum absolute atomic E-state index is 0.0544. The van der Waals surface area contributed by atoms with Crippen LogP contribution in [0.15, 0.2) is 41.0 Å². The van der Waals surface area contributed by atoms with E-state index in [0.29, 0.717) is 11.4 Å². The van der Waals surface area contributed by atoms with Gasteiger partial charge in [-0.25, -0.2) is 4.39 Å². The number of ether oxygens (including phenoxy) is 1.